The van der Waals surface area contributed by atoms with Crippen molar-refractivity contribution in [3.8, 4) is 0 Å². The molecule has 0 unspecified atom stereocenters. The third kappa shape index (κ3) is 4.96. The van der Waals surface area contributed by atoms with Crippen LogP contribution in [0.1, 0.15) is 28.7 Å². The molecule has 2 aromatic carbocycles. The molecule has 2 aromatic rings. The molecule has 1 atom stereocenters. The number of carbonyl (C=O) groups is 1. The van der Waals surface area contributed by atoms with E-state index in [-0.39, 0.29) is 12.0 Å². The molecule has 4 heteroatoms. The maximum Gasteiger partial charge on any atom is 0.224 e. The average Bonchev–Trinajstić information content (AvgIpc) is 3.15. The molecule has 0 saturated carbocycles. The number of rotatable bonds is 6. The molecule has 1 heterocycles. The summed E-state index contributed by atoms with van der Waals surface area (Å²) in [4.78, 5) is 14.7. The van der Waals surface area contributed by atoms with Gasteiger partial charge >= 0.3 is 0 Å². The smallest absolute Gasteiger partial charge is 0.224 e. The van der Waals surface area contributed by atoms with Gasteiger partial charge in [0.1, 0.15) is 0 Å². The number of benzene rings is 2. The van der Waals surface area contributed by atoms with Gasteiger partial charge in [-0.2, -0.15) is 0 Å². The Balaban J connectivity index is 1.23. The molecule has 2 aliphatic rings. The number of nitrogens with zero attached hydrogens (tertiary/aromatic N) is 1. The van der Waals surface area contributed by atoms with Gasteiger partial charge in [-0.25, -0.2) is 0 Å². The Kier molecular flexibility index (Phi) is 5.85. The van der Waals surface area contributed by atoms with Crippen molar-refractivity contribution < 1.29 is 9.53 Å². The van der Waals surface area contributed by atoms with Crippen LogP contribution in [-0.4, -0.2) is 43.2 Å². The lowest BCUT2D eigenvalue weighted by molar-refractivity contribution is -0.121. The molecular formula is C23H28N2O2. The Morgan fingerprint density at radius 3 is 2.81 bits per heavy atom. The predicted molar refractivity (Wildman–Crippen MR) is 107 cm³/mol. The van der Waals surface area contributed by atoms with Crippen molar-refractivity contribution in [3.05, 3.63) is 70.8 Å². The van der Waals surface area contributed by atoms with Crippen LogP contribution in [0.3, 0.4) is 0 Å². The summed E-state index contributed by atoms with van der Waals surface area (Å²) in [5.74, 6) is 0.0803. The molecule has 1 fully saturated rings. The van der Waals surface area contributed by atoms with Gasteiger partial charge in [-0.1, -0.05) is 48.5 Å². The van der Waals surface area contributed by atoms with Gasteiger partial charge in [0.25, 0.3) is 0 Å². The van der Waals surface area contributed by atoms with Crippen LogP contribution in [0.4, 0.5) is 0 Å². The van der Waals surface area contributed by atoms with E-state index in [0.717, 1.165) is 38.2 Å². The molecule has 1 amide bonds. The number of hydrogen-bond acceptors (Lipinski definition) is 3. The number of fused-ring (bicyclic) bond motifs is 1. The molecule has 0 radical (unpaired) electrons. The number of aryl methyl sites for hydroxylation is 2. The quantitative estimate of drug-likeness (QED) is 0.857. The van der Waals surface area contributed by atoms with E-state index in [1.165, 1.54) is 29.5 Å². The normalized spacial score (nSPS) is 19.6. The first-order valence-electron chi connectivity index (χ1n) is 10.0. The monoisotopic (exact) mass is 364 g/mol. The topological polar surface area (TPSA) is 41.6 Å². The molecule has 0 bridgehead atoms. The third-order valence-corrected chi connectivity index (χ3v) is 5.53. The molecule has 0 aromatic heterocycles. The van der Waals surface area contributed by atoms with E-state index >= 15 is 0 Å². The molecule has 4 rings (SSSR count). The van der Waals surface area contributed by atoms with Gasteiger partial charge in [-0.3, -0.25) is 9.69 Å². The van der Waals surface area contributed by atoms with Gasteiger partial charge in [0.2, 0.25) is 5.91 Å². The largest absolute Gasteiger partial charge is 0.374 e. The van der Waals surface area contributed by atoms with Crippen molar-refractivity contribution in [3.63, 3.8) is 0 Å². The van der Waals surface area contributed by atoms with Gasteiger partial charge in [0.15, 0.2) is 0 Å². The number of morpholine rings is 1. The molecule has 1 N–H and O–H groups in total. The highest BCUT2D eigenvalue weighted by Crippen LogP contribution is 2.23. The Morgan fingerprint density at radius 2 is 1.93 bits per heavy atom. The SMILES string of the molecule is O=C(Cc1ccc2c(c1)CCC2)NC[C@H]1CN(Cc2ccccc2)CCO1. The second kappa shape index (κ2) is 8.68. The van der Waals surface area contributed by atoms with Gasteiger partial charge in [0.05, 0.1) is 19.1 Å². The highest BCUT2D eigenvalue weighted by molar-refractivity contribution is 5.78. The van der Waals surface area contributed by atoms with E-state index in [1.807, 2.05) is 6.07 Å². The minimum Gasteiger partial charge on any atom is -0.374 e. The standard InChI is InChI=1S/C23H28N2O2/c26-23(14-19-9-10-20-7-4-8-21(20)13-19)24-15-22-17-25(11-12-27-22)16-18-5-2-1-3-6-18/h1-3,5-6,9-10,13,22H,4,7-8,11-12,14-17H2,(H,24,26)/t22-/m0/s1. The van der Waals surface area contributed by atoms with Crippen LogP contribution in [0, 0.1) is 0 Å². The van der Waals surface area contributed by atoms with Crippen molar-refractivity contribution in [1.29, 1.82) is 0 Å². The maximum absolute atomic E-state index is 12.3. The molecule has 1 aliphatic carbocycles. The zero-order valence-electron chi connectivity index (χ0n) is 15.8. The van der Waals surface area contributed by atoms with Gasteiger partial charge in [-0.15, -0.1) is 0 Å². The number of amides is 1. The average molecular weight is 364 g/mol. The summed E-state index contributed by atoms with van der Waals surface area (Å²) in [6, 6.07) is 17.0. The Morgan fingerprint density at radius 1 is 1.07 bits per heavy atom. The van der Waals surface area contributed by atoms with E-state index in [2.05, 4.69) is 52.7 Å². The molecule has 4 nitrogen and oxygen atoms in total. The minimum absolute atomic E-state index is 0.0615. The van der Waals surface area contributed by atoms with Crippen molar-refractivity contribution in [1.82, 2.24) is 10.2 Å². The van der Waals surface area contributed by atoms with E-state index in [9.17, 15) is 4.79 Å². The fourth-order valence-corrected chi connectivity index (χ4v) is 4.10. The maximum atomic E-state index is 12.3. The first-order valence-corrected chi connectivity index (χ1v) is 10.0. The van der Waals surface area contributed by atoms with Crippen LogP contribution >= 0.6 is 0 Å². The Labute approximate surface area is 161 Å². The molecule has 1 saturated heterocycles. The van der Waals surface area contributed by atoms with Crippen molar-refractivity contribution in [2.45, 2.75) is 38.3 Å². The molecular weight excluding hydrogens is 336 g/mol. The van der Waals surface area contributed by atoms with Crippen molar-refractivity contribution in [2.24, 2.45) is 0 Å². The van der Waals surface area contributed by atoms with E-state index < -0.39 is 0 Å². The summed E-state index contributed by atoms with van der Waals surface area (Å²) in [5.41, 5.74) is 5.31. The molecule has 27 heavy (non-hydrogen) atoms. The van der Waals surface area contributed by atoms with Crippen LogP contribution in [0.25, 0.3) is 0 Å². The summed E-state index contributed by atoms with van der Waals surface area (Å²) in [6.45, 7) is 4.03. The summed E-state index contributed by atoms with van der Waals surface area (Å²) in [6.07, 6.45) is 4.08. The van der Waals surface area contributed by atoms with Crippen LogP contribution < -0.4 is 5.32 Å². The van der Waals surface area contributed by atoms with Crippen molar-refractivity contribution >= 4 is 5.91 Å². The highest BCUT2D eigenvalue weighted by atomic mass is 16.5. The lowest BCUT2D eigenvalue weighted by atomic mass is 10.0. The summed E-state index contributed by atoms with van der Waals surface area (Å²) in [5, 5.41) is 3.06. The van der Waals surface area contributed by atoms with E-state index in [1.54, 1.807) is 0 Å². The number of hydrogen-bond donors (Lipinski definition) is 1. The van der Waals surface area contributed by atoms with Crippen LogP contribution in [0.5, 0.6) is 0 Å². The van der Waals surface area contributed by atoms with E-state index in [4.69, 9.17) is 4.74 Å². The fraction of sp³-hybridized carbons (Fsp3) is 0.435. The molecule has 1 aliphatic heterocycles. The number of nitrogens with one attached hydrogen (secondary N) is 1. The second-order valence-corrected chi connectivity index (χ2v) is 7.65. The fourth-order valence-electron chi connectivity index (χ4n) is 4.10. The predicted octanol–water partition coefficient (Wildman–Crippen LogP) is 2.74. The summed E-state index contributed by atoms with van der Waals surface area (Å²) in [7, 11) is 0. The Bertz CT molecular complexity index is 775. The van der Waals surface area contributed by atoms with Crippen LogP contribution in [0.2, 0.25) is 0 Å². The lowest BCUT2D eigenvalue weighted by Gasteiger charge is -2.33. The lowest BCUT2D eigenvalue weighted by Crippen LogP contribution is -2.47. The Hall–Kier alpha value is -2.17. The van der Waals surface area contributed by atoms with Gasteiger partial charge < -0.3 is 10.1 Å². The minimum atomic E-state index is 0.0615. The number of carbonyl (C=O) groups excluding carboxylic acids is 1. The number of ether oxygens (including phenoxy) is 1. The first-order chi connectivity index (χ1) is 13.3. The van der Waals surface area contributed by atoms with Crippen molar-refractivity contribution in [2.75, 3.05) is 26.2 Å². The first kappa shape index (κ1) is 18.2. The van der Waals surface area contributed by atoms with Crippen LogP contribution in [0.15, 0.2) is 48.5 Å². The summed E-state index contributed by atoms with van der Waals surface area (Å²) >= 11 is 0. The summed E-state index contributed by atoms with van der Waals surface area (Å²) < 4.78 is 5.85. The zero-order valence-corrected chi connectivity index (χ0v) is 15.8. The van der Waals surface area contributed by atoms with Crippen LogP contribution in [-0.2, 0) is 35.3 Å². The van der Waals surface area contributed by atoms with Gasteiger partial charge in [0, 0.05) is 26.2 Å². The second-order valence-electron chi connectivity index (χ2n) is 7.65. The van der Waals surface area contributed by atoms with E-state index in [0.29, 0.717) is 13.0 Å². The molecule has 0 spiro atoms. The highest BCUT2D eigenvalue weighted by Gasteiger charge is 2.21. The third-order valence-electron chi connectivity index (χ3n) is 5.53. The molecule has 142 valence electrons. The van der Waals surface area contributed by atoms with Gasteiger partial charge in [-0.05, 0) is 41.5 Å². The zero-order chi connectivity index (χ0) is 18.5.